The smallest absolute Gasteiger partial charge is 0.0669 e. The van der Waals surface area contributed by atoms with Crippen LogP contribution in [0.2, 0.25) is 0 Å². The Kier molecular flexibility index (Phi) is 6.50. The molecule has 1 heteroatoms. The Morgan fingerprint density at radius 1 is 1.17 bits per heavy atom. The second kappa shape index (κ2) is 7.93. The second-order valence-corrected chi connectivity index (χ2v) is 5.29. The van der Waals surface area contributed by atoms with E-state index in [2.05, 4.69) is 45.0 Å². The lowest BCUT2D eigenvalue weighted by Crippen LogP contribution is -2.01. The third kappa shape index (κ3) is 4.18. The maximum Gasteiger partial charge on any atom is 0.0669 e. The highest BCUT2D eigenvalue weighted by molar-refractivity contribution is 5.39. The Bertz CT molecular complexity index is 399. The molecule has 0 atom stereocenters. The molecule has 0 aliphatic rings. The van der Waals surface area contributed by atoms with Gasteiger partial charge in [-0.1, -0.05) is 58.2 Å². The fourth-order valence-electron chi connectivity index (χ4n) is 2.47. The first-order chi connectivity index (χ1) is 8.70. The van der Waals surface area contributed by atoms with Crippen molar-refractivity contribution in [3.05, 3.63) is 34.9 Å². The highest BCUT2D eigenvalue weighted by Gasteiger charge is 2.10. The summed E-state index contributed by atoms with van der Waals surface area (Å²) in [4.78, 5) is 0. The average molecular weight is 243 g/mol. The molecule has 0 amide bonds. The number of unbranched alkanes of at least 4 members (excludes halogenated alkanes) is 3. The van der Waals surface area contributed by atoms with Gasteiger partial charge in [0.1, 0.15) is 0 Å². The number of rotatable bonds is 7. The van der Waals surface area contributed by atoms with E-state index >= 15 is 0 Å². The van der Waals surface area contributed by atoms with Crippen molar-refractivity contribution in [2.24, 2.45) is 0 Å². The Morgan fingerprint density at radius 2 is 1.94 bits per heavy atom. The van der Waals surface area contributed by atoms with Crippen molar-refractivity contribution in [1.29, 1.82) is 5.26 Å². The van der Waals surface area contributed by atoms with E-state index in [-0.39, 0.29) is 0 Å². The van der Waals surface area contributed by atoms with E-state index in [1.807, 2.05) is 0 Å². The summed E-state index contributed by atoms with van der Waals surface area (Å²) in [6.07, 6.45) is 6.81. The van der Waals surface area contributed by atoms with Gasteiger partial charge in [-0.05, 0) is 35.4 Å². The van der Waals surface area contributed by atoms with E-state index in [0.717, 1.165) is 6.42 Å². The monoisotopic (exact) mass is 243 g/mol. The lowest BCUT2D eigenvalue weighted by molar-refractivity contribution is 0.664. The summed E-state index contributed by atoms with van der Waals surface area (Å²) in [5.41, 5.74) is 4.02. The molecule has 1 aromatic carbocycles. The molecule has 0 aromatic heterocycles. The highest BCUT2D eigenvalue weighted by atomic mass is 14.2. The minimum absolute atomic E-state index is 0.504. The molecule has 0 aliphatic heterocycles. The molecule has 0 N–H and O–H groups in total. The molecule has 0 aliphatic carbocycles. The molecule has 0 heterocycles. The molecule has 98 valence electrons. The van der Waals surface area contributed by atoms with Gasteiger partial charge in [0.25, 0.3) is 0 Å². The minimum atomic E-state index is 0.504. The molecule has 18 heavy (non-hydrogen) atoms. The maximum absolute atomic E-state index is 9.01. The molecule has 0 saturated carbocycles. The molecule has 1 rings (SSSR count). The summed E-state index contributed by atoms with van der Waals surface area (Å²) in [5.74, 6) is 0.504. The van der Waals surface area contributed by atoms with Crippen LogP contribution in [0.3, 0.4) is 0 Å². The van der Waals surface area contributed by atoms with Crippen molar-refractivity contribution in [3.8, 4) is 6.07 Å². The second-order valence-electron chi connectivity index (χ2n) is 5.29. The minimum Gasteiger partial charge on any atom is -0.198 e. The topological polar surface area (TPSA) is 23.8 Å². The highest BCUT2D eigenvalue weighted by Crippen LogP contribution is 2.24. The van der Waals surface area contributed by atoms with Crippen LogP contribution >= 0.6 is 0 Å². The van der Waals surface area contributed by atoms with Gasteiger partial charge in [-0.2, -0.15) is 5.26 Å². The summed E-state index contributed by atoms with van der Waals surface area (Å²) in [7, 11) is 0. The van der Waals surface area contributed by atoms with Crippen LogP contribution in [0.1, 0.15) is 69.1 Å². The number of nitriles is 1. The van der Waals surface area contributed by atoms with Gasteiger partial charge in [-0.3, -0.25) is 0 Å². The standard InChI is InChI=1S/C17H25N/c1-4-5-6-7-9-15-10-8-11-16(14(2)3)17(15)12-13-18/h8,10-11,14H,4-7,9,12H2,1-3H3. The number of hydrogen-bond acceptors (Lipinski definition) is 1. The van der Waals surface area contributed by atoms with Gasteiger partial charge in [0.2, 0.25) is 0 Å². The van der Waals surface area contributed by atoms with Crippen LogP contribution in [0.5, 0.6) is 0 Å². The SMILES string of the molecule is CCCCCCc1cccc(C(C)C)c1CC#N. The lowest BCUT2D eigenvalue weighted by atomic mass is 9.89. The van der Waals surface area contributed by atoms with Gasteiger partial charge >= 0.3 is 0 Å². The average Bonchev–Trinajstić information content (AvgIpc) is 2.36. The molecule has 0 unspecified atom stereocenters. The Hall–Kier alpha value is -1.29. The zero-order valence-corrected chi connectivity index (χ0v) is 12.0. The van der Waals surface area contributed by atoms with Gasteiger partial charge in [-0.15, -0.1) is 0 Å². The molecule has 0 bridgehead atoms. The Morgan fingerprint density at radius 3 is 2.56 bits per heavy atom. The molecule has 0 radical (unpaired) electrons. The van der Waals surface area contributed by atoms with E-state index in [0.29, 0.717) is 12.3 Å². The van der Waals surface area contributed by atoms with Crippen molar-refractivity contribution in [3.63, 3.8) is 0 Å². The molecule has 1 aromatic rings. The first kappa shape index (κ1) is 14.8. The van der Waals surface area contributed by atoms with Gasteiger partial charge in [0, 0.05) is 0 Å². The van der Waals surface area contributed by atoms with Crippen LogP contribution in [0.25, 0.3) is 0 Å². The zero-order valence-electron chi connectivity index (χ0n) is 12.0. The predicted octanol–water partition coefficient (Wildman–Crippen LogP) is 5.00. The van der Waals surface area contributed by atoms with Gasteiger partial charge in [0.15, 0.2) is 0 Å². The molecule has 0 saturated heterocycles. The van der Waals surface area contributed by atoms with E-state index in [4.69, 9.17) is 5.26 Å². The fourth-order valence-corrected chi connectivity index (χ4v) is 2.47. The van der Waals surface area contributed by atoms with Gasteiger partial charge in [-0.25, -0.2) is 0 Å². The van der Waals surface area contributed by atoms with Crippen molar-refractivity contribution >= 4 is 0 Å². The molecule has 0 fully saturated rings. The zero-order chi connectivity index (χ0) is 13.4. The summed E-state index contributed by atoms with van der Waals surface area (Å²) in [6, 6.07) is 8.84. The Balaban J connectivity index is 2.82. The van der Waals surface area contributed by atoms with Crippen LogP contribution in [0, 0.1) is 11.3 Å². The summed E-state index contributed by atoms with van der Waals surface area (Å²) in [6.45, 7) is 6.65. The lowest BCUT2D eigenvalue weighted by Gasteiger charge is -2.15. The summed E-state index contributed by atoms with van der Waals surface area (Å²) in [5, 5.41) is 9.01. The van der Waals surface area contributed by atoms with Gasteiger partial charge < -0.3 is 0 Å². The largest absolute Gasteiger partial charge is 0.198 e. The molecule has 1 nitrogen and oxygen atoms in total. The Labute approximate surface area is 112 Å². The summed E-state index contributed by atoms with van der Waals surface area (Å²) >= 11 is 0. The number of nitrogens with zero attached hydrogens (tertiary/aromatic N) is 1. The van der Waals surface area contributed by atoms with E-state index in [1.165, 1.54) is 42.4 Å². The number of aryl methyl sites for hydroxylation is 1. The van der Waals surface area contributed by atoms with E-state index < -0.39 is 0 Å². The molecular weight excluding hydrogens is 218 g/mol. The van der Waals surface area contributed by atoms with Gasteiger partial charge in [0.05, 0.1) is 12.5 Å². The van der Waals surface area contributed by atoms with E-state index in [9.17, 15) is 0 Å². The van der Waals surface area contributed by atoms with Crippen LogP contribution < -0.4 is 0 Å². The fraction of sp³-hybridized carbons (Fsp3) is 0.588. The normalized spacial score (nSPS) is 10.6. The summed E-state index contributed by atoms with van der Waals surface area (Å²) < 4.78 is 0. The number of hydrogen-bond donors (Lipinski definition) is 0. The third-order valence-corrected chi connectivity index (χ3v) is 3.49. The third-order valence-electron chi connectivity index (χ3n) is 3.49. The van der Waals surface area contributed by atoms with Crippen LogP contribution in [-0.4, -0.2) is 0 Å². The van der Waals surface area contributed by atoms with E-state index in [1.54, 1.807) is 0 Å². The first-order valence-electron chi connectivity index (χ1n) is 7.18. The van der Waals surface area contributed by atoms with Crippen LogP contribution in [-0.2, 0) is 12.8 Å². The molecule has 0 spiro atoms. The van der Waals surface area contributed by atoms with Crippen LogP contribution in [0.4, 0.5) is 0 Å². The molecular formula is C17H25N. The van der Waals surface area contributed by atoms with Crippen LogP contribution in [0.15, 0.2) is 18.2 Å². The van der Waals surface area contributed by atoms with Crippen molar-refractivity contribution in [2.75, 3.05) is 0 Å². The van der Waals surface area contributed by atoms with Crippen molar-refractivity contribution < 1.29 is 0 Å². The van der Waals surface area contributed by atoms with Crippen molar-refractivity contribution in [2.45, 2.75) is 65.2 Å². The predicted molar refractivity (Wildman–Crippen MR) is 77.7 cm³/mol. The van der Waals surface area contributed by atoms with Crippen molar-refractivity contribution in [1.82, 2.24) is 0 Å². The number of benzene rings is 1. The quantitative estimate of drug-likeness (QED) is 0.618. The maximum atomic E-state index is 9.01. The first-order valence-corrected chi connectivity index (χ1v) is 7.18.